The molecular formula is C9H11N5O3S. The molecule has 96 valence electrons. The molecule has 0 saturated carbocycles. The normalized spacial score (nSPS) is 11.4. The number of pyridine rings is 1. The van der Waals surface area contributed by atoms with Crippen LogP contribution in [-0.2, 0) is 16.6 Å². The number of nitrogens with zero attached hydrogens (tertiary/aromatic N) is 3. The van der Waals surface area contributed by atoms with Crippen LogP contribution in [0.15, 0.2) is 34.1 Å². The molecule has 0 aliphatic heterocycles. The third-order valence-electron chi connectivity index (χ3n) is 2.12. The second-order valence-corrected chi connectivity index (χ2v) is 5.01. The SMILES string of the molecule is CNc1ncccc1S(=O)(=O)NCc1ncon1. The van der Waals surface area contributed by atoms with Crippen LogP contribution >= 0.6 is 0 Å². The quantitative estimate of drug-likeness (QED) is 0.785. The van der Waals surface area contributed by atoms with Crippen LogP contribution in [0.1, 0.15) is 5.82 Å². The highest BCUT2D eigenvalue weighted by atomic mass is 32.2. The maximum Gasteiger partial charge on any atom is 0.244 e. The Bertz CT molecular complexity index is 611. The van der Waals surface area contributed by atoms with Gasteiger partial charge in [0.2, 0.25) is 16.4 Å². The van der Waals surface area contributed by atoms with E-state index in [1.165, 1.54) is 12.3 Å². The summed E-state index contributed by atoms with van der Waals surface area (Å²) in [5, 5.41) is 6.23. The number of sulfonamides is 1. The molecule has 0 radical (unpaired) electrons. The lowest BCUT2D eigenvalue weighted by Crippen LogP contribution is -2.24. The van der Waals surface area contributed by atoms with Crippen molar-refractivity contribution in [1.29, 1.82) is 0 Å². The largest absolute Gasteiger partial charge is 0.372 e. The molecule has 9 heteroatoms. The number of hydrogen-bond acceptors (Lipinski definition) is 7. The summed E-state index contributed by atoms with van der Waals surface area (Å²) >= 11 is 0. The molecule has 2 N–H and O–H groups in total. The van der Waals surface area contributed by atoms with E-state index in [2.05, 4.69) is 29.7 Å². The minimum atomic E-state index is -3.68. The molecule has 0 saturated heterocycles. The molecule has 2 aromatic heterocycles. The van der Waals surface area contributed by atoms with Gasteiger partial charge in [0.05, 0.1) is 6.54 Å². The van der Waals surface area contributed by atoms with Gasteiger partial charge in [0.25, 0.3) is 0 Å². The van der Waals surface area contributed by atoms with Crippen LogP contribution in [-0.4, -0.2) is 30.6 Å². The molecule has 2 heterocycles. The molecule has 2 aromatic rings. The first-order valence-corrected chi connectivity index (χ1v) is 6.49. The average Bonchev–Trinajstić information content (AvgIpc) is 2.89. The number of nitrogens with one attached hydrogen (secondary N) is 2. The molecule has 0 aromatic carbocycles. The van der Waals surface area contributed by atoms with Gasteiger partial charge in [-0.15, -0.1) is 0 Å². The van der Waals surface area contributed by atoms with Gasteiger partial charge in [0.1, 0.15) is 10.7 Å². The minimum absolute atomic E-state index is 0.0448. The van der Waals surface area contributed by atoms with Crippen molar-refractivity contribution in [1.82, 2.24) is 19.8 Å². The predicted octanol–water partition coefficient (Wildman–Crippen LogP) is -0.0152. The van der Waals surface area contributed by atoms with Crippen molar-refractivity contribution in [3.05, 3.63) is 30.5 Å². The van der Waals surface area contributed by atoms with E-state index >= 15 is 0 Å². The zero-order valence-corrected chi connectivity index (χ0v) is 10.3. The topological polar surface area (TPSA) is 110 Å². The minimum Gasteiger partial charge on any atom is -0.372 e. The maximum atomic E-state index is 12.0. The second-order valence-electron chi connectivity index (χ2n) is 3.27. The number of anilines is 1. The summed E-state index contributed by atoms with van der Waals surface area (Å²) in [5.41, 5.74) is 0. The lowest BCUT2D eigenvalue weighted by molar-refractivity contribution is 0.409. The van der Waals surface area contributed by atoms with Crippen LogP contribution in [0.25, 0.3) is 0 Å². The van der Waals surface area contributed by atoms with Gasteiger partial charge in [-0.3, -0.25) is 0 Å². The van der Waals surface area contributed by atoms with Crippen LogP contribution < -0.4 is 10.0 Å². The van der Waals surface area contributed by atoms with Gasteiger partial charge in [-0.1, -0.05) is 5.16 Å². The van der Waals surface area contributed by atoms with Gasteiger partial charge < -0.3 is 9.84 Å². The van der Waals surface area contributed by atoms with Gasteiger partial charge in [-0.05, 0) is 12.1 Å². The van der Waals surface area contributed by atoms with Crippen molar-refractivity contribution in [3.8, 4) is 0 Å². The molecular weight excluding hydrogens is 258 g/mol. The van der Waals surface area contributed by atoms with Crippen LogP contribution in [0.4, 0.5) is 5.82 Å². The standard InChI is InChI=1S/C9H11N5O3S/c1-10-9-7(3-2-4-11-9)18(15,16)13-5-8-12-6-17-14-8/h2-4,6,13H,5H2,1H3,(H,10,11). The van der Waals surface area contributed by atoms with Gasteiger partial charge >= 0.3 is 0 Å². The Kier molecular flexibility index (Phi) is 3.53. The summed E-state index contributed by atoms with van der Waals surface area (Å²) in [6.45, 7) is -0.0448. The molecule has 2 rings (SSSR count). The average molecular weight is 269 g/mol. The van der Waals surface area contributed by atoms with Crippen molar-refractivity contribution in [2.45, 2.75) is 11.4 Å². The molecule has 0 atom stereocenters. The first-order chi connectivity index (χ1) is 8.63. The summed E-state index contributed by atoms with van der Waals surface area (Å²) in [7, 11) is -2.08. The third kappa shape index (κ3) is 2.63. The summed E-state index contributed by atoms with van der Waals surface area (Å²) in [4.78, 5) is 7.71. The van der Waals surface area contributed by atoms with E-state index in [1.54, 1.807) is 13.1 Å². The Morgan fingerprint density at radius 2 is 2.22 bits per heavy atom. The van der Waals surface area contributed by atoms with Crippen molar-refractivity contribution in [3.63, 3.8) is 0 Å². The molecule has 0 fully saturated rings. The molecule has 0 amide bonds. The van der Waals surface area contributed by atoms with E-state index in [0.717, 1.165) is 6.39 Å². The van der Waals surface area contributed by atoms with E-state index in [9.17, 15) is 8.42 Å². The highest BCUT2D eigenvalue weighted by Crippen LogP contribution is 2.16. The molecule has 0 aliphatic rings. The number of hydrogen-bond donors (Lipinski definition) is 2. The summed E-state index contributed by atoms with van der Waals surface area (Å²) in [6, 6.07) is 3.00. The molecule has 8 nitrogen and oxygen atoms in total. The zero-order valence-electron chi connectivity index (χ0n) is 9.49. The van der Waals surface area contributed by atoms with Crippen molar-refractivity contribution >= 4 is 15.8 Å². The first-order valence-electron chi connectivity index (χ1n) is 5.01. The third-order valence-corrected chi connectivity index (χ3v) is 3.56. The molecule has 0 aliphatic carbocycles. The monoisotopic (exact) mass is 269 g/mol. The van der Waals surface area contributed by atoms with Crippen molar-refractivity contribution in [2.75, 3.05) is 12.4 Å². The Labute approximate surface area is 103 Å². The van der Waals surface area contributed by atoms with Crippen molar-refractivity contribution in [2.24, 2.45) is 0 Å². The van der Waals surface area contributed by atoms with Gasteiger partial charge in [0, 0.05) is 13.2 Å². The Balaban J connectivity index is 2.20. The lowest BCUT2D eigenvalue weighted by Gasteiger charge is -2.08. The van der Waals surface area contributed by atoms with Crippen LogP contribution in [0.2, 0.25) is 0 Å². The van der Waals surface area contributed by atoms with E-state index in [0.29, 0.717) is 0 Å². The molecule has 0 bridgehead atoms. The van der Waals surface area contributed by atoms with Crippen LogP contribution in [0, 0.1) is 0 Å². The van der Waals surface area contributed by atoms with Gasteiger partial charge in [-0.2, -0.15) is 4.98 Å². The molecule has 0 spiro atoms. The van der Waals surface area contributed by atoms with Crippen molar-refractivity contribution < 1.29 is 12.9 Å². The van der Waals surface area contributed by atoms with Crippen LogP contribution in [0.5, 0.6) is 0 Å². The van der Waals surface area contributed by atoms with Crippen LogP contribution in [0.3, 0.4) is 0 Å². The second kappa shape index (κ2) is 5.10. The lowest BCUT2D eigenvalue weighted by atomic mass is 10.5. The Hall–Kier alpha value is -2.00. The van der Waals surface area contributed by atoms with Gasteiger partial charge in [0.15, 0.2) is 5.82 Å². The zero-order chi connectivity index (χ0) is 13.0. The first kappa shape index (κ1) is 12.5. The Morgan fingerprint density at radius 1 is 1.39 bits per heavy atom. The highest BCUT2D eigenvalue weighted by molar-refractivity contribution is 7.89. The molecule has 18 heavy (non-hydrogen) atoms. The smallest absolute Gasteiger partial charge is 0.244 e. The van der Waals surface area contributed by atoms with Gasteiger partial charge in [-0.25, -0.2) is 18.1 Å². The van der Waals surface area contributed by atoms with E-state index in [-0.39, 0.29) is 23.1 Å². The van der Waals surface area contributed by atoms with E-state index in [1.807, 2.05) is 0 Å². The summed E-state index contributed by atoms with van der Waals surface area (Å²) in [6.07, 6.45) is 2.64. The van der Waals surface area contributed by atoms with E-state index in [4.69, 9.17) is 0 Å². The maximum absolute atomic E-state index is 12.0. The number of rotatable bonds is 5. The molecule has 0 unspecified atom stereocenters. The Morgan fingerprint density at radius 3 is 2.89 bits per heavy atom. The fourth-order valence-corrected chi connectivity index (χ4v) is 2.44. The summed E-state index contributed by atoms with van der Waals surface area (Å²) < 4.78 is 30.9. The number of aromatic nitrogens is 3. The fraction of sp³-hybridized carbons (Fsp3) is 0.222. The summed E-state index contributed by atoms with van der Waals surface area (Å²) in [5.74, 6) is 0.534. The highest BCUT2D eigenvalue weighted by Gasteiger charge is 2.19. The fourth-order valence-electron chi connectivity index (χ4n) is 1.30. The van der Waals surface area contributed by atoms with E-state index < -0.39 is 10.0 Å². The predicted molar refractivity (Wildman–Crippen MR) is 62.1 cm³/mol.